The minimum Gasteiger partial charge on any atom is -0.507 e. The highest BCUT2D eigenvalue weighted by Gasteiger charge is 2.46. The predicted molar refractivity (Wildman–Crippen MR) is 143 cm³/mol. The molecule has 2 aliphatic heterocycles. The maximum absolute atomic E-state index is 10.6. The van der Waals surface area contributed by atoms with Crippen LogP contribution in [0, 0.1) is 0 Å². The summed E-state index contributed by atoms with van der Waals surface area (Å²) in [7, 11) is 1.34. The molecule has 0 saturated carbocycles. The largest absolute Gasteiger partial charge is 0.507 e. The Hall–Kier alpha value is -3.51. The van der Waals surface area contributed by atoms with Gasteiger partial charge in [0.2, 0.25) is 18.3 Å². The third-order valence-electron chi connectivity index (χ3n) is 7.39. The second-order valence-electron chi connectivity index (χ2n) is 10.3. The van der Waals surface area contributed by atoms with Gasteiger partial charge in [0.25, 0.3) is 0 Å². The lowest BCUT2D eigenvalue weighted by Gasteiger charge is -2.39. The zero-order valence-electron chi connectivity index (χ0n) is 22.9. The van der Waals surface area contributed by atoms with Crippen LogP contribution in [-0.4, -0.2) is 121 Å². The number of methoxy groups -OCH3 is 1. The van der Waals surface area contributed by atoms with Gasteiger partial charge in [-0.1, -0.05) is 0 Å². The Morgan fingerprint density at radius 2 is 1.40 bits per heavy atom. The number of aliphatic hydroxyl groups excluding tert-OH is 7. The van der Waals surface area contributed by atoms with Crippen LogP contribution in [0.4, 0.5) is 0 Å². The molecule has 15 heteroatoms. The van der Waals surface area contributed by atoms with Gasteiger partial charge in [0.15, 0.2) is 11.5 Å². The number of benzene rings is 2. The summed E-state index contributed by atoms with van der Waals surface area (Å²) in [5, 5.41) is 92.0. The lowest BCUT2D eigenvalue weighted by atomic mass is 9.99. The van der Waals surface area contributed by atoms with Crippen LogP contribution in [0.25, 0.3) is 22.3 Å². The van der Waals surface area contributed by atoms with E-state index in [1.165, 1.54) is 44.4 Å². The second kappa shape index (κ2) is 12.2. The van der Waals surface area contributed by atoms with Crippen LogP contribution in [0.15, 0.2) is 40.8 Å². The number of hydrogen-bond acceptors (Lipinski definition) is 14. The van der Waals surface area contributed by atoms with E-state index in [4.69, 9.17) is 28.1 Å². The van der Waals surface area contributed by atoms with E-state index in [9.17, 15) is 46.0 Å². The van der Waals surface area contributed by atoms with Crippen LogP contribution in [0.5, 0.6) is 28.7 Å². The van der Waals surface area contributed by atoms with E-state index in [0.717, 1.165) is 6.07 Å². The van der Waals surface area contributed by atoms with Gasteiger partial charge in [-0.05, 0) is 19.1 Å². The standard InChI is InChI=1S/C28H32O15/c1-10-20(32)22(34)24(36)27(39-10)42-18-8-13-15(40-26(18)11-3-4-14(31)17(5-11)38-2)6-12(30)7-16(13)41-28-25(37)23(35)21(33)19(9-29)43-28/h3-8,10,19-25,27-29,32-37H,9H2,1-2H3,(H-,30,31)/p+1. The van der Waals surface area contributed by atoms with Crippen molar-refractivity contribution < 1.29 is 74.1 Å². The summed E-state index contributed by atoms with van der Waals surface area (Å²) < 4.78 is 34.1. The lowest BCUT2D eigenvalue weighted by molar-refractivity contribution is -0.277. The molecule has 234 valence electrons. The quantitative estimate of drug-likeness (QED) is 0.149. The van der Waals surface area contributed by atoms with Gasteiger partial charge in [-0.25, -0.2) is 4.42 Å². The van der Waals surface area contributed by atoms with E-state index in [-0.39, 0.29) is 45.5 Å². The van der Waals surface area contributed by atoms with Gasteiger partial charge in [-0.2, -0.15) is 0 Å². The van der Waals surface area contributed by atoms with Crippen LogP contribution < -0.4 is 14.2 Å². The van der Waals surface area contributed by atoms with Crippen molar-refractivity contribution in [1.29, 1.82) is 0 Å². The molecule has 2 fully saturated rings. The molecule has 43 heavy (non-hydrogen) atoms. The van der Waals surface area contributed by atoms with E-state index in [1.807, 2.05) is 0 Å². The van der Waals surface area contributed by atoms with Gasteiger partial charge in [0.1, 0.15) is 59.6 Å². The molecule has 9 N–H and O–H groups in total. The summed E-state index contributed by atoms with van der Waals surface area (Å²) in [4.78, 5) is 0. The third-order valence-corrected chi connectivity index (χ3v) is 7.39. The normalized spacial score (nSPS) is 32.9. The van der Waals surface area contributed by atoms with Crippen LogP contribution in [0.3, 0.4) is 0 Å². The molecule has 3 heterocycles. The van der Waals surface area contributed by atoms with E-state index in [1.54, 1.807) is 0 Å². The Morgan fingerprint density at radius 1 is 0.744 bits per heavy atom. The van der Waals surface area contributed by atoms with Gasteiger partial charge >= 0.3 is 11.3 Å². The van der Waals surface area contributed by atoms with Crippen LogP contribution in [-0.2, 0) is 9.47 Å². The van der Waals surface area contributed by atoms with Crippen molar-refractivity contribution in [3.05, 3.63) is 36.4 Å². The van der Waals surface area contributed by atoms with Crippen molar-refractivity contribution in [2.24, 2.45) is 0 Å². The molecule has 15 nitrogen and oxygen atoms in total. The van der Waals surface area contributed by atoms with Crippen molar-refractivity contribution in [3.8, 4) is 40.1 Å². The van der Waals surface area contributed by atoms with E-state index < -0.39 is 68.0 Å². The minimum atomic E-state index is -1.76. The number of fused-ring (bicyclic) bond motifs is 1. The van der Waals surface area contributed by atoms with Crippen molar-refractivity contribution in [2.45, 2.75) is 68.3 Å². The van der Waals surface area contributed by atoms with Crippen LogP contribution >= 0.6 is 0 Å². The molecule has 1 aromatic heterocycles. The molecule has 10 atom stereocenters. The molecular weight excluding hydrogens is 576 g/mol. The van der Waals surface area contributed by atoms with E-state index >= 15 is 0 Å². The number of hydrogen-bond donors (Lipinski definition) is 9. The Kier molecular flexibility index (Phi) is 8.80. The Balaban J connectivity index is 1.62. The first-order valence-corrected chi connectivity index (χ1v) is 13.3. The van der Waals surface area contributed by atoms with Gasteiger partial charge in [0.05, 0.1) is 31.5 Å². The van der Waals surface area contributed by atoms with Crippen LogP contribution in [0.1, 0.15) is 6.92 Å². The monoisotopic (exact) mass is 609 g/mol. The van der Waals surface area contributed by atoms with Gasteiger partial charge in [0, 0.05) is 18.2 Å². The number of phenolic OH excluding ortho intramolecular Hbond substituents is 2. The molecule has 0 spiro atoms. The average molecular weight is 610 g/mol. The fourth-order valence-electron chi connectivity index (χ4n) is 4.90. The van der Waals surface area contributed by atoms with Gasteiger partial charge < -0.3 is 69.6 Å². The van der Waals surface area contributed by atoms with Gasteiger partial charge in [-0.3, -0.25) is 0 Å². The molecule has 0 bridgehead atoms. The molecule has 2 aliphatic rings. The smallest absolute Gasteiger partial charge is 0.402 e. The zero-order valence-corrected chi connectivity index (χ0v) is 22.9. The molecule has 3 aromatic rings. The second-order valence-corrected chi connectivity index (χ2v) is 10.3. The fraction of sp³-hybridized carbons (Fsp3) is 0.464. The minimum absolute atomic E-state index is 0.000690. The SMILES string of the molecule is COc1cc(-c2[o+]c3cc(O)cc(OC4OC(CO)C(O)C(O)C4O)c3cc2OC2OC(C)C(O)C(O)C2O)ccc1O. The van der Waals surface area contributed by atoms with Crippen LogP contribution in [0.2, 0.25) is 0 Å². The number of aromatic hydroxyl groups is 2. The molecule has 0 radical (unpaired) electrons. The zero-order chi connectivity index (χ0) is 31.2. The molecule has 10 unspecified atom stereocenters. The summed E-state index contributed by atoms with van der Waals surface area (Å²) in [6.45, 7) is 0.781. The Bertz CT molecular complexity index is 1450. The van der Waals surface area contributed by atoms with Crippen molar-refractivity contribution in [3.63, 3.8) is 0 Å². The first-order valence-electron chi connectivity index (χ1n) is 13.3. The predicted octanol–water partition coefficient (Wildman–Crippen LogP) is -0.814. The highest BCUT2D eigenvalue weighted by atomic mass is 16.7. The average Bonchev–Trinajstić information content (AvgIpc) is 2.99. The fourth-order valence-corrected chi connectivity index (χ4v) is 4.90. The topological polar surface area (TPSA) is 240 Å². The molecular formula is C28H33O15+. The first-order chi connectivity index (χ1) is 20.4. The summed E-state index contributed by atoms with van der Waals surface area (Å²) in [6.07, 6.45) is -15.1. The van der Waals surface area contributed by atoms with E-state index in [0.29, 0.717) is 5.56 Å². The Morgan fingerprint density at radius 3 is 2.07 bits per heavy atom. The number of phenols is 2. The molecule has 0 amide bonds. The summed E-state index contributed by atoms with van der Waals surface area (Å²) in [5.74, 6) is -0.655. The van der Waals surface area contributed by atoms with Crippen molar-refractivity contribution >= 4 is 11.0 Å². The number of aliphatic hydroxyl groups is 7. The number of rotatable bonds is 7. The molecule has 2 aromatic carbocycles. The molecule has 0 aliphatic carbocycles. The third kappa shape index (κ3) is 5.86. The summed E-state index contributed by atoms with van der Waals surface area (Å²) in [5.41, 5.74) is 0.327. The first kappa shape index (κ1) is 30.9. The summed E-state index contributed by atoms with van der Waals surface area (Å²) >= 11 is 0. The molecule has 5 rings (SSSR count). The van der Waals surface area contributed by atoms with E-state index in [2.05, 4.69) is 0 Å². The Labute approximate surface area is 243 Å². The maximum atomic E-state index is 10.6. The van der Waals surface area contributed by atoms with Crippen molar-refractivity contribution in [2.75, 3.05) is 13.7 Å². The van der Waals surface area contributed by atoms with Crippen molar-refractivity contribution in [1.82, 2.24) is 0 Å². The maximum Gasteiger partial charge on any atom is 0.402 e. The molecule has 2 saturated heterocycles. The lowest BCUT2D eigenvalue weighted by Crippen LogP contribution is -2.60. The summed E-state index contributed by atoms with van der Waals surface area (Å²) in [6, 6.07) is 8.02. The number of ether oxygens (including phenoxy) is 5. The highest BCUT2D eigenvalue weighted by Crippen LogP contribution is 2.43. The van der Waals surface area contributed by atoms with Gasteiger partial charge in [-0.15, -0.1) is 0 Å². The highest BCUT2D eigenvalue weighted by molar-refractivity contribution is 5.89.